The average molecular weight is 399 g/mol. The molecule has 1 aromatic carbocycles. The molecule has 2 aromatic rings. The molecule has 0 bridgehead atoms. The van der Waals surface area contributed by atoms with Crippen molar-refractivity contribution in [2.24, 2.45) is 0 Å². The lowest BCUT2D eigenvalue weighted by Crippen LogP contribution is -2.53. The molecule has 2 fully saturated rings. The van der Waals surface area contributed by atoms with Gasteiger partial charge in [0, 0.05) is 50.4 Å². The van der Waals surface area contributed by atoms with E-state index in [1.165, 1.54) is 19.3 Å². The van der Waals surface area contributed by atoms with Crippen molar-refractivity contribution in [2.45, 2.75) is 44.7 Å². The van der Waals surface area contributed by atoms with E-state index >= 15 is 0 Å². The molecule has 2 amide bonds. The average Bonchev–Trinajstić information content (AvgIpc) is 2.75. The molecule has 1 aliphatic heterocycles. The number of rotatable bonds is 4. The highest BCUT2D eigenvalue weighted by atomic mass is 16.5. The van der Waals surface area contributed by atoms with Gasteiger partial charge in [0.05, 0.1) is 12.6 Å². The smallest absolute Gasteiger partial charge is 0.317 e. The Bertz CT molecular complexity index is 912. The van der Waals surface area contributed by atoms with Crippen LogP contribution in [0.1, 0.15) is 37.7 Å². The lowest BCUT2D eigenvalue weighted by Gasteiger charge is -2.36. The number of carbonyl (C=O) groups excluding carboxylic acids is 1. The Kier molecular flexibility index (Phi) is 6.04. The van der Waals surface area contributed by atoms with Gasteiger partial charge in [-0.3, -0.25) is 9.69 Å². The number of piperazine rings is 1. The number of benzene rings is 1. The maximum atomic E-state index is 12.5. The summed E-state index contributed by atoms with van der Waals surface area (Å²) < 4.78 is 5.22. The Labute approximate surface area is 171 Å². The molecule has 2 N–H and O–H groups in total. The molecule has 2 aliphatic rings. The fourth-order valence-electron chi connectivity index (χ4n) is 4.33. The van der Waals surface area contributed by atoms with Gasteiger partial charge in [0.1, 0.15) is 5.75 Å². The molecule has 2 heterocycles. The van der Waals surface area contributed by atoms with Crippen LogP contribution in [0.5, 0.6) is 5.75 Å². The molecule has 1 aromatic heterocycles. The van der Waals surface area contributed by atoms with Crippen LogP contribution in [0.2, 0.25) is 0 Å². The van der Waals surface area contributed by atoms with E-state index in [0.29, 0.717) is 25.7 Å². The van der Waals surface area contributed by atoms with Crippen LogP contribution in [0.15, 0.2) is 29.1 Å². The summed E-state index contributed by atoms with van der Waals surface area (Å²) in [5, 5.41) is 4.19. The summed E-state index contributed by atoms with van der Waals surface area (Å²) in [5.41, 5.74) is 1.47. The molecular weight excluding hydrogens is 368 g/mol. The van der Waals surface area contributed by atoms with Gasteiger partial charge in [-0.2, -0.15) is 0 Å². The molecule has 156 valence electrons. The van der Waals surface area contributed by atoms with Crippen molar-refractivity contribution in [3.05, 3.63) is 40.2 Å². The van der Waals surface area contributed by atoms with Gasteiger partial charge in [-0.15, -0.1) is 0 Å². The minimum atomic E-state index is -0.0665. The number of fused-ring (bicyclic) bond motifs is 1. The third-order valence-electron chi connectivity index (χ3n) is 6.12. The lowest BCUT2D eigenvalue weighted by atomic mass is 9.96. The predicted molar refractivity (Wildman–Crippen MR) is 113 cm³/mol. The number of urea groups is 1. The van der Waals surface area contributed by atoms with Crippen molar-refractivity contribution in [1.82, 2.24) is 20.1 Å². The first kappa shape index (κ1) is 19.8. The maximum Gasteiger partial charge on any atom is 0.317 e. The Hall–Kier alpha value is -2.54. The summed E-state index contributed by atoms with van der Waals surface area (Å²) >= 11 is 0. The number of amides is 2. The van der Waals surface area contributed by atoms with Gasteiger partial charge in [-0.05, 0) is 36.4 Å². The van der Waals surface area contributed by atoms with E-state index in [-0.39, 0.29) is 11.6 Å². The second kappa shape index (κ2) is 8.86. The Morgan fingerprint density at radius 2 is 1.90 bits per heavy atom. The molecule has 1 aliphatic carbocycles. The number of hydrogen-bond donors (Lipinski definition) is 2. The monoisotopic (exact) mass is 398 g/mol. The number of aromatic amines is 1. The number of pyridine rings is 1. The SMILES string of the molecule is COc1ccc2cc(CN3CCN(C(=O)NC4CCCCC4)CC3)c(=O)[nH]c2c1. The van der Waals surface area contributed by atoms with Crippen LogP contribution in [-0.2, 0) is 6.54 Å². The molecule has 0 radical (unpaired) electrons. The summed E-state index contributed by atoms with van der Waals surface area (Å²) in [4.78, 5) is 32.1. The molecule has 29 heavy (non-hydrogen) atoms. The van der Waals surface area contributed by atoms with Crippen molar-refractivity contribution < 1.29 is 9.53 Å². The first-order valence-corrected chi connectivity index (χ1v) is 10.6. The van der Waals surface area contributed by atoms with Gasteiger partial charge >= 0.3 is 6.03 Å². The number of H-pyrrole nitrogens is 1. The highest BCUT2D eigenvalue weighted by Gasteiger charge is 2.24. The van der Waals surface area contributed by atoms with E-state index in [9.17, 15) is 9.59 Å². The van der Waals surface area contributed by atoms with Crippen molar-refractivity contribution in [3.8, 4) is 5.75 Å². The number of nitrogens with zero attached hydrogens (tertiary/aromatic N) is 2. The first-order chi connectivity index (χ1) is 14.1. The molecule has 7 nitrogen and oxygen atoms in total. The van der Waals surface area contributed by atoms with E-state index in [2.05, 4.69) is 15.2 Å². The highest BCUT2D eigenvalue weighted by Crippen LogP contribution is 2.20. The minimum Gasteiger partial charge on any atom is -0.497 e. The van der Waals surface area contributed by atoms with Crippen LogP contribution in [0, 0.1) is 0 Å². The second-order valence-electron chi connectivity index (χ2n) is 8.12. The van der Waals surface area contributed by atoms with E-state index in [1.54, 1.807) is 7.11 Å². The minimum absolute atomic E-state index is 0.0639. The summed E-state index contributed by atoms with van der Waals surface area (Å²) in [5.74, 6) is 0.725. The van der Waals surface area contributed by atoms with Crippen LogP contribution in [-0.4, -0.2) is 60.1 Å². The Morgan fingerprint density at radius 1 is 1.14 bits per heavy atom. The summed E-state index contributed by atoms with van der Waals surface area (Å²) in [7, 11) is 1.61. The zero-order valence-corrected chi connectivity index (χ0v) is 17.1. The Balaban J connectivity index is 1.34. The lowest BCUT2D eigenvalue weighted by molar-refractivity contribution is 0.131. The van der Waals surface area contributed by atoms with Crippen LogP contribution >= 0.6 is 0 Å². The van der Waals surface area contributed by atoms with Gasteiger partial charge in [-0.25, -0.2) is 4.79 Å². The van der Waals surface area contributed by atoms with E-state index in [0.717, 1.165) is 48.1 Å². The summed E-state index contributed by atoms with van der Waals surface area (Å²) in [6.45, 7) is 3.54. The quantitative estimate of drug-likeness (QED) is 0.830. The third-order valence-corrected chi connectivity index (χ3v) is 6.12. The number of carbonyl (C=O) groups is 1. The first-order valence-electron chi connectivity index (χ1n) is 10.6. The summed E-state index contributed by atoms with van der Waals surface area (Å²) in [6.07, 6.45) is 5.91. The van der Waals surface area contributed by atoms with Crippen LogP contribution in [0.4, 0.5) is 4.79 Å². The molecule has 4 rings (SSSR count). The molecule has 7 heteroatoms. The number of nitrogens with one attached hydrogen (secondary N) is 2. The van der Waals surface area contributed by atoms with Crippen LogP contribution in [0.3, 0.4) is 0 Å². The second-order valence-corrected chi connectivity index (χ2v) is 8.12. The van der Waals surface area contributed by atoms with Gasteiger partial charge in [0.15, 0.2) is 0 Å². The number of ether oxygens (including phenoxy) is 1. The van der Waals surface area contributed by atoms with Crippen molar-refractivity contribution >= 4 is 16.9 Å². The number of hydrogen-bond acceptors (Lipinski definition) is 4. The molecule has 0 unspecified atom stereocenters. The van der Waals surface area contributed by atoms with E-state index in [1.807, 2.05) is 29.2 Å². The van der Waals surface area contributed by atoms with Crippen molar-refractivity contribution in [1.29, 1.82) is 0 Å². The largest absolute Gasteiger partial charge is 0.497 e. The number of aromatic nitrogens is 1. The Morgan fingerprint density at radius 3 is 2.62 bits per heavy atom. The molecule has 1 saturated heterocycles. The van der Waals surface area contributed by atoms with Crippen molar-refractivity contribution in [3.63, 3.8) is 0 Å². The zero-order chi connectivity index (χ0) is 20.2. The molecular formula is C22H30N4O3. The van der Waals surface area contributed by atoms with Gasteiger partial charge in [-0.1, -0.05) is 19.3 Å². The maximum absolute atomic E-state index is 12.5. The van der Waals surface area contributed by atoms with Gasteiger partial charge < -0.3 is 19.9 Å². The van der Waals surface area contributed by atoms with E-state index < -0.39 is 0 Å². The predicted octanol–water partition coefficient (Wildman–Crippen LogP) is 2.70. The third kappa shape index (κ3) is 4.72. The zero-order valence-electron chi connectivity index (χ0n) is 17.1. The normalized spacial score (nSPS) is 18.7. The van der Waals surface area contributed by atoms with Crippen LogP contribution in [0.25, 0.3) is 10.9 Å². The molecule has 1 saturated carbocycles. The van der Waals surface area contributed by atoms with E-state index in [4.69, 9.17) is 4.74 Å². The standard InChI is InChI=1S/C22H30N4O3/c1-29-19-8-7-16-13-17(21(27)24-20(16)14-19)15-25-9-11-26(12-10-25)22(28)23-18-5-3-2-4-6-18/h7-8,13-14,18H,2-6,9-12,15H2,1H3,(H,23,28)(H,24,27). The molecule has 0 atom stereocenters. The van der Waals surface area contributed by atoms with Crippen molar-refractivity contribution in [2.75, 3.05) is 33.3 Å². The summed E-state index contributed by atoms with van der Waals surface area (Å²) in [6, 6.07) is 8.05. The van der Waals surface area contributed by atoms with Gasteiger partial charge in [0.25, 0.3) is 5.56 Å². The topological polar surface area (TPSA) is 77.7 Å². The van der Waals surface area contributed by atoms with Gasteiger partial charge in [0.2, 0.25) is 0 Å². The highest BCUT2D eigenvalue weighted by molar-refractivity contribution is 5.80. The number of methoxy groups -OCH3 is 1. The van der Waals surface area contributed by atoms with Crippen LogP contribution < -0.4 is 15.6 Å². The fraction of sp³-hybridized carbons (Fsp3) is 0.545. The fourth-order valence-corrected chi connectivity index (χ4v) is 4.33. The molecule has 0 spiro atoms.